The standard InChI is InChI=1S/C13H16N2O2/c1-9(8-16)7-15-13-5-11(6-14)3-4-12(13)10(2)17/h3-5,9,15-16H,7-8H2,1-2H3. The number of anilines is 1. The van der Waals surface area contributed by atoms with Gasteiger partial charge in [-0.1, -0.05) is 6.92 Å². The van der Waals surface area contributed by atoms with Crippen molar-refractivity contribution < 1.29 is 9.90 Å². The molecule has 1 rings (SSSR count). The molecule has 0 fully saturated rings. The summed E-state index contributed by atoms with van der Waals surface area (Å²) in [4.78, 5) is 11.4. The largest absolute Gasteiger partial charge is 0.396 e. The van der Waals surface area contributed by atoms with Crippen molar-refractivity contribution in [2.75, 3.05) is 18.5 Å². The van der Waals surface area contributed by atoms with E-state index < -0.39 is 0 Å². The fraction of sp³-hybridized carbons (Fsp3) is 0.385. The summed E-state index contributed by atoms with van der Waals surface area (Å²) in [6, 6.07) is 6.96. The van der Waals surface area contributed by atoms with E-state index in [-0.39, 0.29) is 18.3 Å². The topological polar surface area (TPSA) is 73.1 Å². The molecule has 1 atom stereocenters. The van der Waals surface area contributed by atoms with Gasteiger partial charge in [0.25, 0.3) is 0 Å². The van der Waals surface area contributed by atoms with Gasteiger partial charge in [0.05, 0.1) is 11.6 Å². The molecule has 0 heterocycles. The van der Waals surface area contributed by atoms with E-state index in [0.717, 1.165) is 0 Å². The lowest BCUT2D eigenvalue weighted by atomic mass is 10.1. The van der Waals surface area contributed by atoms with Crippen molar-refractivity contribution in [2.24, 2.45) is 5.92 Å². The van der Waals surface area contributed by atoms with Crippen LogP contribution in [0.4, 0.5) is 5.69 Å². The zero-order chi connectivity index (χ0) is 12.8. The van der Waals surface area contributed by atoms with Crippen LogP contribution in [0, 0.1) is 17.2 Å². The number of nitrogens with one attached hydrogen (secondary N) is 1. The summed E-state index contributed by atoms with van der Waals surface area (Å²) < 4.78 is 0. The minimum atomic E-state index is -0.0476. The minimum absolute atomic E-state index is 0.0476. The molecule has 4 nitrogen and oxygen atoms in total. The molecule has 90 valence electrons. The summed E-state index contributed by atoms with van der Waals surface area (Å²) in [6.45, 7) is 4.03. The van der Waals surface area contributed by atoms with E-state index in [2.05, 4.69) is 5.32 Å². The predicted molar refractivity (Wildman–Crippen MR) is 65.9 cm³/mol. The van der Waals surface area contributed by atoms with Crippen molar-refractivity contribution in [1.29, 1.82) is 5.26 Å². The number of aliphatic hydroxyl groups excluding tert-OH is 1. The van der Waals surface area contributed by atoms with Crippen molar-refractivity contribution in [1.82, 2.24) is 0 Å². The fourth-order valence-electron chi connectivity index (χ4n) is 1.42. The number of rotatable bonds is 5. The highest BCUT2D eigenvalue weighted by molar-refractivity contribution is 5.99. The summed E-state index contributed by atoms with van der Waals surface area (Å²) in [5.74, 6) is 0.0502. The van der Waals surface area contributed by atoms with E-state index in [4.69, 9.17) is 10.4 Å². The normalized spacial score (nSPS) is 11.6. The van der Waals surface area contributed by atoms with Gasteiger partial charge in [0.1, 0.15) is 0 Å². The van der Waals surface area contributed by atoms with Gasteiger partial charge in [-0.3, -0.25) is 4.79 Å². The molecule has 0 saturated heterocycles. The maximum Gasteiger partial charge on any atom is 0.161 e. The number of Topliss-reactive ketones (excluding diaryl/α,β-unsaturated/α-hetero) is 1. The van der Waals surface area contributed by atoms with Crippen molar-refractivity contribution in [3.05, 3.63) is 29.3 Å². The molecule has 1 aromatic carbocycles. The number of nitrogens with zero attached hydrogens (tertiary/aromatic N) is 1. The van der Waals surface area contributed by atoms with Crippen molar-refractivity contribution in [3.63, 3.8) is 0 Å². The van der Waals surface area contributed by atoms with Gasteiger partial charge in [-0.05, 0) is 31.0 Å². The molecule has 0 radical (unpaired) electrons. The van der Waals surface area contributed by atoms with Crippen LogP contribution in [-0.4, -0.2) is 24.0 Å². The molecule has 1 unspecified atom stereocenters. The van der Waals surface area contributed by atoms with Gasteiger partial charge < -0.3 is 10.4 Å². The maximum atomic E-state index is 11.4. The van der Waals surface area contributed by atoms with Gasteiger partial charge in [0.15, 0.2) is 5.78 Å². The number of carbonyl (C=O) groups is 1. The first-order valence-corrected chi connectivity index (χ1v) is 5.48. The zero-order valence-electron chi connectivity index (χ0n) is 10.0. The smallest absolute Gasteiger partial charge is 0.161 e. The molecule has 2 N–H and O–H groups in total. The lowest BCUT2D eigenvalue weighted by molar-refractivity contribution is 0.101. The molecular weight excluding hydrogens is 216 g/mol. The van der Waals surface area contributed by atoms with Crippen LogP contribution in [0.2, 0.25) is 0 Å². The second-order valence-electron chi connectivity index (χ2n) is 4.10. The molecule has 17 heavy (non-hydrogen) atoms. The molecule has 0 spiro atoms. The number of ketones is 1. The van der Waals surface area contributed by atoms with Gasteiger partial charge in [0, 0.05) is 24.4 Å². The van der Waals surface area contributed by atoms with Gasteiger partial charge in [-0.25, -0.2) is 0 Å². The summed E-state index contributed by atoms with van der Waals surface area (Å²) in [7, 11) is 0. The molecule has 0 aliphatic rings. The molecule has 0 amide bonds. The van der Waals surface area contributed by atoms with E-state index in [1.165, 1.54) is 6.92 Å². The summed E-state index contributed by atoms with van der Waals surface area (Å²) in [5.41, 5.74) is 1.72. The number of nitriles is 1. The van der Waals surface area contributed by atoms with Gasteiger partial charge in [-0.15, -0.1) is 0 Å². The van der Waals surface area contributed by atoms with Crippen molar-refractivity contribution in [2.45, 2.75) is 13.8 Å². The Morgan fingerprint density at radius 3 is 2.82 bits per heavy atom. The van der Waals surface area contributed by atoms with Gasteiger partial charge >= 0.3 is 0 Å². The number of aliphatic hydroxyl groups is 1. The molecule has 0 aliphatic heterocycles. The summed E-state index contributed by atoms with van der Waals surface area (Å²) >= 11 is 0. The Hall–Kier alpha value is -1.86. The maximum absolute atomic E-state index is 11.4. The minimum Gasteiger partial charge on any atom is -0.396 e. The van der Waals surface area contributed by atoms with Crippen LogP contribution in [0.1, 0.15) is 29.8 Å². The number of hydrogen-bond donors (Lipinski definition) is 2. The number of benzene rings is 1. The first-order valence-electron chi connectivity index (χ1n) is 5.48. The van der Waals surface area contributed by atoms with Crippen LogP contribution in [0.3, 0.4) is 0 Å². The molecule has 1 aromatic rings. The van der Waals surface area contributed by atoms with E-state index in [0.29, 0.717) is 23.4 Å². The highest BCUT2D eigenvalue weighted by Gasteiger charge is 2.09. The third-order valence-corrected chi connectivity index (χ3v) is 2.48. The zero-order valence-corrected chi connectivity index (χ0v) is 10.0. The van der Waals surface area contributed by atoms with Crippen LogP contribution in [-0.2, 0) is 0 Å². The van der Waals surface area contributed by atoms with Crippen molar-refractivity contribution in [3.8, 4) is 6.07 Å². The highest BCUT2D eigenvalue weighted by atomic mass is 16.3. The van der Waals surface area contributed by atoms with Crippen LogP contribution in [0.15, 0.2) is 18.2 Å². The first kappa shape index (κ1) is 13.2. The van der Waals surface area contributed by atoms with Gasteiger partial charge in [-0.2, -0.15) is 5.26 Å². The first-order chi connectivity index (χ1) is 8.08. The molecular formula is C13H16N2O2. The summed E-state index contributed by atoms with van der Waals surface area (Å²) in [6.07, 6.45) is 0. The third-order valence-electron chi connectivity index (χ3n) is 2.48. The van der Waals surface area contributed by atoms with Crippen LogP contribution in [0.25, 0.3) is 0 Å². The average Bonchev–Trinajstić information content (AvgIpc) is 2.35. The predicted octanol–water partition coefficient (Wildman–Crippen LogP) is 1.80. The lowest BCUT2D eigenvalue weighted by Gasteiger charge is -2.13. The van der Waals surface area contributed by atoms with Crippen LogP contribution in [0.5, 0.6) is 0 Å². The molecule has 4 heteroatoms. The van der Waals surface area contributed by atoms with E-state index in [1.54, 1.807) is 18.2 Å². The molecule has 0 aromatic heterocycles. The lowest BCUT2D eigenvalue weighted by Crippen LogP contribution is -2.16. The van der Waals surface area contributed by atoms with Gasteiger partial charge in [0.2, 0.25) is 0 Å². The second-order valence-corrected chi connectivity index (χ2v) is 4.10. The quantitative estimate of drug-likeness (QED) is 0.759. The Kier molecular flexibility index (Phi) is 4.68. The number of hydrogen-bond acceptors (Lipinski definition) is 4. The Morgan fingerprint density at radius 2 is 2.29 bits per heavy atom. The second kappa shape index (κ2) is 6.02. The fourth-order valence-corrected chi connectivity index (χ4v) is 1.42. The Labute approximate surface area is 101 Å². The Morgan fingerprint density at radius 1 is 1.59 bits per heavy atom. The third kappa shape index (κ3) is 3.58. The Bertz CT molecular complexity index is 449. The van der Waals surface area contributed by atoms with E-state index >= 15 is 0 Å². The SMILES string of the molecule is CC(=O)c1ccc(C#N)cc1NCC(C)CO. The van der Waals surface area contributed by atoms with Crippen LogP contribution < -0.4 is 5.32 Å². The summed E-state index contributed by atoms with van der Waals surface area (Å²) in [5, 5.41) is 20.8. The molecule has 0 aliphatic carbocycles. The van der Waals surface area contributed by atoms with E-state index in [1.807, 2.05) is 13.0 Å². The molecule has 0 bridgehead atoms. The van der Waals surface area contributed by atoms with E-state index in [9.17, 15) is 4.79 Å². The molecule has 0 saturated carbocycles. The number of carbonyl (C=O) groups excluding carboxylic acids is 1. The Balaban J connectivity index is 2.94. The van der Waals surface area contributed by atoms with Crippen LogP contribution >= 0.6 is 0 Å². The highest BCUT2D eigenvalue weighted by Crippen LogP contribution is 2.18. The monoisotopic (exact) mass is 232 g/mol. The van der Waals surface area contributed by atoms with Crippen molar-refractivity contribution >= 4 is 11.5 Å². The average molecular weight is 232 g/mol.